The maximum atomic E-state index is 13.0. The molecule has 1 aromatic heterocycles. The molecule has 3 aromatic rings. The molecule has 0 amide bonds. The molecule has 6 heteroatoms. The molecule has 1 aliphatic rings. The quantitative estimate of drug-likeness (QED) is 0.522. The first kappa shape index (κ1) is 17.0. The Morgan fingerprint density at radius 3 is 2.80 bits per heavy atom. The third kappa shape index (κ3) is 3.32. The van der Waals surface area contributed by atoms with E-state index in [1.165, 1.54) is 0 Å². The maximum absolute atomic E-state index is 13.0. The van der Waals surface area contributed by atoms with Gasteiger partial charge in [0.05, 0.1) is 14.8 Å². The standard InChI is InChI=1S/C19H12Cl2O2S2/c20-12-5-6-15(14(21)9-12)23-10-11-7-8-24-19-17(11)18(22)13-3-1-2-4-16(13)25-19/h1-7,9H,8,10H2. The molecule has 0 radical (unpaired) electrons. The van der Waals surface area contributed by atoms with Crippen molar-refractivity contribution in [3.05, 3.63) is 74.4 Å². The van der Waals surface area contributed by atoms with Crippen LogP contribution in [0.3, 0.4) is 0 Å². The van der Waals surface area contributed by atoms with E-state index in [9.17, 15) is 4.79 Å². The number of ether oxygens (including phenoxy) is 1. The summed E-state index contributed by atoms with van der Waals surface area (Å²) in [5.74, 6) is 1.39. The second-order valence-corrected chi connectivity index (χ2v) is 8.68. The summed E-state index contributed by atoms with van der Waals surface area (Å²) in [5, 5.41) is 1.78. The fourth-order valence-electron chi connectivity index (χ4n) is 2.70. The van der Waals surface area contributed by atoms with Crippen molar-refractivity contribution in [3.8, 4) is 5.75 Å². The number of fused-ring (bicyclic) bond motifs is 2. The highest BCUT2D eigenvalue weighted by molar-refractivity contribution is 8.01. The van der Waals surface area contributed by atoms with Crippen LogP contribution in [-0.4, -0.2) is 12.4 Å². The zero-order valence-corrected chi connectivity index (χ0v) is 16.1. The molecule has 0 aliphatic carbocycles. The van der Waals surface area contributed by atoms with Crippen LogP contribution in [0.25, 0.3) is 15.7 Å². The molecule has 0 saturated heterocycles. The molecule has 0 bridgehead atoms. The van der Waals surface area contributed by atoms with Gasteiger partial charge in [-0.1, -0.05) is 41.4 Å². The van der Waals surface area contributed by atoms with E-state index in [1.807, 2.05) is 24.3 Å². The SMILES string of the molecule is O=c1c2c(sc3ccccc13)SCC=C2COc1ccc(Cl)cc1Cl. The Morgan fingerprint density at radius 2 is 1.96 bits per heavy atom. The van der Waals surface area contributed by atoms with Gasteiger partial charge < -0.3 is 4.74 Å². The van der Waals surface area contributed by atoms with E-state index in [1.54, 1.807) is 41.3 Å². The van der Waals surface area contributed by atoms with E-state index >= 15 is 0 Å². The van der Waals surface area contributed by atoms with Crippen LogP contribution >= 0.6 is 46.3 Å². The molecule has 0 unspecified atom stereocenters. The van der Waals surface area contributed by atoms with E-state index in [0.29, 0.717) is 22.4 Å². The summed E-state index contributed by atoms with van der Waals surface area (Å²) in [6.45, 7) is 0.301. The molecule has 0 spiro atoms. The lowest BCUT2D eigenvalue weighted by molar-refractivity contribution is 0.369. The second kappa shape index (κ2) is 7.04. The van der Waals surface area contributed by atoms with Crippen molar-refractivity contribution < 1.29 is 4.74 Å². The van der Waals surface area contributed by atoms with E-state index in [2.05, 4.69) is 6.08 Å². The molecule has 1 aliphatic heterocycles. The molecule has 126 valence electrons. The molecule has 0 N–H and O–H groups in total. The fraction of sp³-hybridized carbons (Fsp3) is 0.105. The van der Waals surface area contributed by atoms with Crippen molar-refractivity contribution >= 4 is 62.0 Å². The number of rotatable bonds is 3. The summed E-state index contributed by atoms with van der Waals surface area (Å²) in [4.78, 5) is 13.0. The molecule has 0 saturated carbocycles. The lowest BCUT2D eigenvalue weighted by Crippen LogP contribution is -2.15. The van der Waals surface area contributed by atoms with Crippen molar-refractivity contribution in [2.75, 3.05) is 12.4 Å². The molecule has 2 heterocycles. The first-order chi connectivity index (χ1) is 12.1. The van der Waals surface area contributed by atoms with Crippen LogP contribution < -0.4 is 10.2 Å². The third-order valence-corrected chi connectivity index (χ3v) is 6.81. The van der Waals surface area contributed by atoms with E-state index < -0.39 is 0 Å². The predicted octanol–water partition coefficient (Wildman–Crippen LogP) is 6.14. The normalized spacial score (nSPS) is 13.4. The minimum atomic E-state index is 0.0635. The van der Waals surface area contributed by atoms with Crippen molar-refractivity contribution in [3.63, 3.8) is 0 Å². The smallest absolute Gasteiger partial charge is 0.196 e. The van der Waals surface area contributed by atoms with Crippen molar-refractivity contribution in [1.29, 1.82) is 0 Å². The summed E-state index contributed by atoms with van der Waals surface area (Å²) < 4.78 is 7.92. The molecular weight excluding hydrogens is 395 g/mol. The Kier molecular flexibility index (Phi) is 4.78. The van der Waals surface area contributed by atoms with E-state index in [-0.39, 0.29) is 5.43 Å². The Balaban J connectivity index is 1.70. The predicted molar refractivity (Wildman–Crippen MR) is 109 cm³/mol. The highest BCUT2D eigenvalue weighted by Crippen LogP contribution is 2.38. The summed E-state index contributed by atoms with van der Waals surface area (Å²) in [6, 6.07) is 12.8. The van der Waals surface area contributed by atoms with Crippen LogP contribution in [0.1, 0.15) is 5.56 Å². The van der Waals surface area contributed by atoms with Gasteiger partial charge in [-0.05, 0) is 35.9 Å². The van der Waals surface area contributed by atoms with Crippen LogP contribution in [0.4, 0.5) is 0 Å². The van der Waals surface area contributed by atoms with Gasteiger partial charge in [-0.2, -0.15) is 0 Å². The fourth-order valence-corrected chi connectivity index (χ4v) is 5.62. The minimum Gasteiger partial charge on any atom is -0.487 e. The molecule has 2 nitrogen and oxygen atoms in total. The van der Waals surface area contributed by atoms with Gasteiger partial charge in [-0.3, -0.25) is 4.79 Å². The van der Waals surface area contributed by atoms with Crippen LogP contribution in [0.15, 0.2) is 57.5 Å². The first-order valence-electron chi connectivity index (χ1n) is 7.59. The van der Waals surface area contributed by atoms with Gasteiger partial charge in [0.2, 0.25) is 0 Å². The number of thioether (sulfide) groups is 1. The van der Waals surface area contributed by atoms with Gasteiger partial charge in [0.15, 0.2) is 5.43 Å². The molecule has 0 atom stereocenters. The number of hydrogen-bond acceptors (Lipinski definition) is 4. The Bertz CT molecular complexity index is 1060. The Hall–Kier alpha value is -1.46. The van der Waals surface area contributed by atoms with Gasteiger partial charge in [0.25, 0.3) is 0 Å². The Morgan fingerprint density at radius 1 is 1.12 bits per heavy atom. The summed E-state index contributed by atoms with van der Waals surface area (Å²) in [7, 11) is 0. The van der Waals surface area contributed by atoms with Gasteiger partial charge in [0.1, 0.15) is 12.4 Å². The van der Waals surface area contributed by atoms with Crippen molar-refractivity contribution in [2.24, 2.45) is 0 Å². The zero-order valence-electron chi connectivity index (χ0n) is 12.9. The van der Waals surface area contributed by atoms with Gasteiger partial charge in [0, 0.05) is 20.9 Å². The molecule has 25 heavy (non-hydrogen) atoms. The topological polar surface area (TPSA) is 26.3 Å². The third-order valence-electron chi connectivity index (χ3n) is 3.91. The molecule has 4 rings (SSSR count). The number of halogens is 2. The highest BCUT2D eigenvalue weighted by atomic mass is 35.5. The lowest BCUT2D eigenvalue weighted by Gasteiger charge is -2.18. The van der Waals surface area contributed by atoms with Crippen LogP contribution in [-0.2, 0) is 0 Å². The van der Waals surface area contributed by atoms with Gasteiger partial charge in [-0.15, -0.1) is 23.1 Å². The monoisotopic (exact) mass is 406 g/mol. The Labute approximate surface area is 163 Å². The highest BCUT2D eigenvalue weighted by Gasteiger charge is 2.20. The molecular formula is C19H12Cl2O2S2. The van der Waals surface area contributed by atoms with E-state index in [4.69, 9.17) is 27.9 Å². The maximum Gasteiger partial charge on any atom is 0.196 e. The van der Waals surface area contributed by atoms with Crippen LogP contribution in [0.5, 0.6) is 5.75 Å². The van der Waals surface area contributed by atoms with Crippen molar-refractivity contribution in [1.82, 2.24) is 0 Å². The van der Waals surface area contributed by atoms with Crippen LogP contribution in [0, 0.1) is 0 Å². The minimum absolute atomic E-state index is 0.0635. The molecule has 0 fully saturated rings. The van der Waals surface area contributed by atoms with Gasteiger partial charge >= 0.3 is 0 Å². The second-order valence-electron chi connectivity index (χ2n) is 5.49. The van der Waals surface area contributed by atoms with Gasteiger partial charge in [-0.25, -0.2) is 0 Å². The van der Waals surface area contributed by atoms with Crippen LogP contribution in [0.2, 0.25) is 10.0 Å². The molecule has 2 aromatic carbocycles. The zero-order chi connectivity index (χ0) is 17.4. The summed E-state index contributed by atoms with van der Waals surface area (Å²) in [5.41, 5.74) is 1.73. The summed E-state index contributed by atoms with van der Waals surface area (Å²) in [6.07, 6.45) is 2.06. The average molecular weight is 407 g/mol. The number of hydrogen-bond donors (Lipinski definition) is 0. The summed E-state index contributed by atoms with van der Waals surface area (Å²) >= 11 is 15.4. The number of benzene rings is 2. The largest absolute Gasteiger partial charge is 0.487 e. The first-order valence-corrected chi connectivity index (χ1v) is 10.1. The van der Waals surface area contributed by atoms with E-state index in [0.717, 1.165) is 31.2 Å². The van der Waals surface area contributed by atoms with Crippen molar-refractivity contribution in [2.45, 2.75) is 4.21 Å². The average Bonchev–Trinajstić information content (AvgIpc) is 2.61. The lowest BCUT2D eigenvalue weighted by atomic mass is 10.1.